The predicted molar refractivity (Wildman–Crippen MR) is 51.4 cm³/mol. The molecule has 0 heterocycles. The molecular weight excluding hydrogens is 224 g/mol. The highest BCUT2D eigenvalue weighted by Crippen LogP contribution is 2.07. The minimum atomic E-state index is -2.61. The Morgan fingerprint density at radius 1 is 1.47 bits per heavy atom. The van der Waals surface area contributed by atoms with Gasteiger partial charge >= 0.3 is 11.7 Å². The molecule has 1 aliphatic rings. The molecule has 3 N–H and O–H groups in total. The zero-order valence-electron chi connectivity index (χ0n) is 7.35. The van der Waals surface area contributed by atoms with E-state index in [-0.39, 0.29) is 5.71 Å². The first kappa shape index (κ1) is 13.4. The van der Waals surface area contributed by atoms with E-state index >= 15 is 0 Å². The average molecular weight is 232 g/mol. The van der Waals surface area contributed by atoms with E-state index in [1.165, 1.54) is 12.2 Å². The molecule has 0 saturated carbocycles. The number of rotatable bonds is 1. The number of hydrogen-bond donors (Lipinski definition) is 3. The quantitative estimate of drug-likeness (QED) is 0.336. The number of hydrogen-bond acceptors (Lipinski definition) is 2. The fraction of sp³-hybridized carbons (Fsp3) is 0.143. The van der Waals surface area contributed by atoms with Gasteiger partial charge in [-0.15, -0.1) is 0 Å². The maximum Gasteiger partial charge on any atom is 0.322 e. The van der Waals surface area contributed by atoms with Gasteiger partial charge in [0.05, 0.1) is 0 Å². The Balaban J connectivity index is 0.000000423. The van der Waals surface area contributed by atoms with E-state index in [1.807, 2.05) is 0 Å². The van der Waals surface area contributed by atoms with E-state index in [0.29, 0.717) is 0 Å². The van der Waals surface area contributed by atoms with E-state index in [1.54, 1.807) is 12.2 Å². The number of allylic oxidation sites excluding steroid dienone is 3. The summed E-state index contributed by atoms with van der Waals surface area (Å²) >= 11 is -2.61. The van der Waals surface area contributed by atoms with Crippen LogP contribution < -0.4 is 0 Å². The summed E-state index contributed by atoms with van der Waals surface area (Å²) in [6.07, 6.45) is 6.14. The molecule has 0 saturated heterocycles. The molecule has 7 nitrogen and oxygen atoms in total. The zero-order valence-corrected chi connectivity index (χ0v) is 8.16. The third-order valence-corrected chi connectivity index (χ3v) is 1.38. The molecule has 0 fully saturated rings. The smallest absolute Gasteiger partial charge is 0.322 e. The van der Waals surface area contributed by atoms with E-state index in [4.69, 9.17) is 24.0 Å². The van der Waals surface area contributed by atoms with Crippen LogP contribution in [0.15, 0.2) is 24.3 Å². The zero-order chi connectivity index (χ0) is 11.8. The fourth-order valence-corrected chi connectivity index (χ4v) is 0.836. The standard InChI is InChI=1S/C7H6N2O2.H2O3S/c8-9-6-4-2-1-3-5(6)7(10)11;1-4(2)3/h1-5H,(H,10,11);(H2,1,2,3). The first-order valence-corrected chi connectivity index (χ1v) is 4.65. The molecule has 15 heavy (non-hydrogen) atoms. The number of carbonyl (C=O) groups is 1. The van der Waals surface area contributed by atoms with Gasteiger partial charge in [0.1, 0.15) is 0 Å². The Morgan fingerprint density at radius 2 is 2.00 bits per heavy atom. The Hall–Kier alpha value is -1.60. The van der Waals surface area contributed by atoms with Crippen molar-refractivity contribution in [1.29, 1.82) is 0 Å². The van der Waals surface area contributed by atoms with Crippen LogP contribution in [0.5, 0.6) is 0 Å². The third kappa shape index (κ3) is 5.66. The molecule has 0 amide bonds. The van der Waals surface area contributed by atoms with Gasteiger partial charge in [-0.05, 0) is 0 Å². The lowest BCUT2D eigenvalue weighted by Gasteiger charge is -2.00. The van der Waals surface area contributed by atoms with Crippen LogP contribution in [0.25, 0.3) is 5.53 Å². The van der Waals surface area contributed by atoms with Crippen LogP contribution in [0.4, 0.5) is 0 Å². The minimum absolute atomic E-state index is 0.153. The van der Waals surface area contributed by atoms with Crippen LogP contribution in [-0.4, -0.2) is 34.9 Å². The Kier molecular flexibility index (Phi) is 6.07. The normalized spacial score (nSPS) is 18.1. The van der Waals surface area contributed by atoms with Crippen molar-refractivity contribution in [3.05, 3.63) is 29.8 Å². The summed E-state index contributed by atoms with van der Waals surface area (Å²) in [5.41, 5.74) is 8.50. The molecule has 0 aromatic carbocycles. The number of nitrogens with zero attached hydrogens (tertiary/aromatic N) is 2. The van der Waals surface area contributed by atoms with Gasteiger partial charge in [0.25, 0.3) is 11.4 Å². The van der Waals surface area contributed by atoms with Gasteiger partial charge in [0.15, 0.2) is 5.92 Å². The lowest BCUT2D eigenvalue weighted by atomic mass is 9.99. The monoisotopic (exact) mass is 232 g/mol. The van der Waals surface area contributed by atoms with Crippen molar-refractivity contribution in [3.63, 3.8) is 0 Å². The molecule has 0 aromatic rings. The van der Waals surface area contributed by atoms with Crippen molar-refractivity contribution in [2.24, 2.45) is 5.92 Å². The molecule has 1 aliphatic carbocycles. The van der Waals surface area contributed by atoms with Crippen LogP contribution in [0.1, 0.15) is 0 Å². The van der Waals surface area contributed by atoms with Crippen molar-refractivity contribution in [2.45, 2.75) is 0 Å². The van der Waals surface area contributed by atoms with E-state index in [9.17, 15) is 4.79 Å². The first-order valence-electron chi connectivity index (χ1n) is 3.58. The van der Waals surface area contributed by atoms with Crippen molar-refractivity contribution in [2.75, 3.05) is 0 Å². The lowest BCUT2D eigenvalue weighted by molar-refractivity contribution is -0.139. The van der Waals surface area contributed by atoms with Crippen LogP contribution in [-0.2, 0) is 16.2 Å². The van der Waals surface area contributed by atoms with Crippen molar-refractivity contribution in [3.8, 4) is 0 Å². The fourth-order valence-electron chi connectivity index (χ4n) is 0.836. The van der Waals surface area contributed by atoms with Crippen LogP contribution >= 0.6 is 0 Å². The summed E-state index contributed by atoms with van der Waals surface area (Å²) < 4.78 is 22.8. The van der Waals surface area contributed by atoms with E-state index < -0.39 is 23.2 Å². The maximum absolute atomic E-state index is 10.4. The highest BCUT2D eigenvalue weighted by atomic mass is 32.2. The SMILES string of the molecule is O=S(O)O.[N-]=[N+]=C1C=CC=CC1C(=O)O. The molecule has 82 valence electrons. The molecule has 0 bridgehead atoms. The summed E-state index contributed by atoms with van der Waals surface area (Å²) in [6.45, 7) is 0. The second-order valence-electron chi connectivity index (χ2n) is 2.32. The van der Waals surface area contributed by atoms with Gasteiger partial charge in [0, 0.05) is 6.08 Å². The van der Waals surface area contributed by atoms with Crippen molar-refractivity contribution in [1.82, 2.24) is 0 Å². The third-order valence-electron chi connectivity index (χ3n) is 1.38. The summed E-state index contributed by atoms with van der Waals surface area (Å²) in [6, 6.07) is 0. The summed E-state index contributed by atoms with van der Waals surface area (Å²) in [4.78, 5) is 13.3. The predicted octanol–water partition coefficient (Wildman–Crippen LogP) is 0.165. The van der Waals surface area contributed by atoms with Crippen LogP contribution in [0.2, 0.25) is 0 Å². The van der Waals surface area contributed by atoms with Gasteiger partial charge in [-0.2, -0.15) is 9.00 Å². The van der Waals surface area contributed by atoms with Gasteiger partial charge < -0.3 is 10.6 Å². The number of carboxylic acid groups (broad SMARTS) is 1. The van der Waals surface area contributed by atoms with E-state index in [2.05, 4.69) is 4.79 Å². The summed E-state index contributed by atoms with van der Waals surface area (Å²) in [7, 11) is 0. The maximum atomic E-state index is 10.4. The molecule has 0 radical (unpaired) electrons. The van der Waals surface area contributed by atoms with Gasteiger partial charge in [-0.25, -0.2) is 0 Å². The van der Waals surface area contributed by atoms with Crippen LogP contribution in [0.3, 0.4) is 0 Å². The summed E-state index contributed by atoms with van der Waals surface area (Å²) in [5.74, 6) is -1.83. The largest absolute Gasteiger partial charge is 0.480 e. The van der Waals surface area contributed by atoms with Crippen molar-refractivity contribution >= 4 is 23.0 Å². The molecular formula is C7H8N2O5S. The van der Waals surface area contributed by atoms with Crippen molar-refractivity contribution < 1.29 is 28.0 Å². The minimum Gasteiger partial charge on any atom is -0.480 e. The van der Waals surface area contributed by atoms with Gasteiger partial charge in [-0.1, -0.05) is 18.2 Å². The summed E-state index contributed by atoms with van der Waals surface area (Å²) in [5, 5.41) is 8.56. The molecule has 8 heteroatoms. The second-order valence-corrected chi connectivity index (χ2v) is 2.78. The molecule has 0 aromatic heterocycles. The molecule has 1 atom stereocenters. The first-order chi connectivity index (χ1) is 6.99. The van der Waals surface area contributed by atoms with Gasteiger partial charge in [-0.3, -0.25) is 13.9 Å². The molecule has 1 rings (SSSR count). The Bertz CT molecular complexity index is 366. The average Bonchev–Trinajstić information content (AvgIpc) is 2.16. The van der Waals surface area contributed by atoms with Gasteiger partial charge in [0.2, 0.25) is 0 Å². The molecule has 0 aliphatic heterocycles. The van der Waals surface area contributed by atoms with Crippen LogP contribution in [0, 0.1) is 5.92 Å². The molecule has 1 unspecified atom stereocenters. The number of carboxylic acids is 1. The Morgan fingerprint density at radius 3 is 2.33 bits per heavy atom. The Labute approximate surface area is 87.5 Å². The topological polar surface area (TPSA) is 131 Å². The second kappa shape index (κ2) is 6.80. The molecule has 0 spiro atoms. The lowest BCUT2D eigenvalue weighted by Crippen LogP contribution is -2.22. The highest BCUT2D eigenvalue weighted by molar-refractivity contribution is 7.73. The highest BCUT2D eigenvalue weighted by Gasteiger charge is 2.26. The number of aliphatic carboxylic acids is 1. The van der Waals surface area contributed by atoms with E-state index in [0.717, 1.165) is 0 Å².